The van der Waals surface area contributed by atoms with Crippen LogP contribution in [0.15, 0.2) is 53.7 Å². The number of benzene rings is 2. The monoisotopic (exact) mass is 428 g/mol. The third kappa shape index (κ3) is 5.05. The molecule has 0 radical (unpaired) electrons. The van der Waals surface area contributed by atoms with E-state index in [1.165, 1.54) is 0 Å². The van der Waals surface area contributed by atoms with E-state index >= 15 is 0 Å². The minimum atomic E-state index is -0.528. The van der Waals surface area contributed by atoms with E-state index in [0.29, 0.717) is 31.0 Å². The lowest BCUT2D eigenvalue weighted by Gasteiger charge is -2.33. The van der Waals surface area contributed by atoms with Crippen molar-refractivity contribution in [3.63, 3.8) is 0 Å². The second-order valence-electron chi connectivity index (χ2n) is 7.58. The number of rotatable bonds is 6. The molecule has 2 aliphatic rings. The molecule has 7 heteroatoms. The minimum Gasteiger partial charge on any atom is -0.497 e. The summed E-state index contributed by atoms with van der Waals surface area (Å²) in [5.74, 6) is 1.62. The number of nitrogens with zero attached hydrogens (tertiary/aromatic N) is 2. The number of hydrogen-bond donors (Lipinski definition) is 0. The normalized spacial score (nSPS) is 19.2. The summed E-state index contributed by atoms with van der Waals surface area (Å²) in [7, 11) is 1.65. The quantitative estimate of drug-likeness (QED) is 0.694. The highest BCUT2D eigenvalue weighted by Gasteiger charge is 2.34. The Kier molecular flexibility index (Phi) is 6.43. The molecule has 0 unspecified atom stereocenters. The van der Waals surface area contributed by atoms with Gasteiger partial charge in [-0.25, -0.2) is 0 Å². The molecule has 2 aromatic carbocycles. The molecule has 1 saturated heterocycles. The van der Waals surface area contributed by atoms with Crippen LogP contribution in [0.3, 0.4) is 0 Å². The van der Waals surface area contributed by atoms with Gasteiger partial charge >= 0.3 is 0 Å². The van der Waals surface area contributed by atoms with E-state index in [0.717, 1.165) is 35.6 Å². The molecular weight excluding hydrogens is 404 g/mol. The van der Waals surface area contributed by atoms with Gasteiger partial charge in [0.2, 0.25) is 6.10 Å². The zero-order valence-corrected chi connectivity index (χ0v) is 17.7. The highest BCUT2D eigenvalue weighted by Crippen LogP contribution is 2.23. The van der Waals surface area contributed by atoms with Gasteiger partial charge in [0.15, 0.2) is 0 Å². The van der Waals surface area contributed by atoms with Crippen LogP contribution in [0.2, 0.25) is 5.02 Å². The number of likely N-dealkylation sites (tertiary alicyclic amines) is 1. The fourth-order valence-corrected chi connectivity index (χ4v) is 3.91. The topological polar surface area (TPSA) is 60.4 Å². The highest BCUT2D eigenvalue weighted by atomic mass is 35.5. The molecule has 0 aliphatic carbocycles. The molecule has 0 bridgehead atoms. The Morgan fingerprint density at radius 1 is 1.17 bits per heavy atom. The number of methoxy groups -OCH3 is 1. The lowest BCUT2D eigenvalue weighted by atomic mass is 10.0. The van der Waals surface area contributed by atoms with Crippen molar-refractivity contribution in [1.82, 2.24) is 4.90 Å². The van der Waals surface area contributed by atoms with E-state index in [4.69, 9.17) is 25.9 Å². The number of piperidine rings is 1. The van der Waals surface area contributed by atoms with Gasteiger partial charge in [0.05, 0.1) is 12.8 Å². The van der Waals surface area contributed by atoms with Crippen LogP contribution in [0, 0.1) is 0 Å². The Bertz CT molecular complexity index is 908. The first-order valence-electron chi connectivity index (χ1n) is 10.2. The van der Waals surface area contributed by atoms with Crippen molar-refractivity contribution >= 4 is 23.2 Å². The number of ether oxygens (including phenoxy) is 2. The van der Waals surface area contributed by atoms with Crippen molar-refractivity contribution in [3.05, 3.63) is 59.1 Å². The zero-order chi connectivity index (χ0) is 20.9. The van der Waals surface area contributed by atoms with Crippen molar-refractivity contribution in [2.24, 2.45) is 5.16 Å². The molecule has 2 heterocycles. The van der Waals surface area contributed by atoms with Crippen LogP contribution in [0.5, 0.6) is 11.5 Å². The summed E-state index contributed by atoms with van der Waals surface area (Å²) in [6, 6.07) is 15.2. The second-order valence-corrected chi connectivity index (χ2v) is 8.02. The van der Waals surface area contributed by atoms with Crippen molar-refractivity contribution in [2.75, 3.05) is 20.2 Å². The second kappa shape index (κ2) is 9.39. The maximum Gasteiger partial charge on any atom is 0.266 e. The molecule has 0 saturated carbocycles. The summed E-state index contributed by atoms with van der Waals surface area (Å²) in [5.41, 5.74) is 1.97. The first-order valence-corrected chi connectivity index (χ1v) is 10.5. The fourth-order valence-electron chi connectivity index (χ4n) is 3.78. The maximum absolute atomic E-state index is 12.9. The number of carbonyl (C=O) groups is 1. The lowest BCUT2D eigenvalue weighted by molar-refractivity contribution is -0.143. The largest absolute Gasteiger partial charge is 0.497 e. The van der Waals surface area contributed by atoms with E-state index in [-0.39, 0.29) is 12.0 Å². The molecule has 158 valence electrons. The van der Waals surface area contributed by atoms with Gasteiger partial charge in [-0.05, 0) is 42.0 Å². The third-order valence-electron chi connectivity index (χ3n) is 5.42. The number of halogens is 1. The van der Waals surface area contributed by atoms with Crippen LogP contribution in [0.1, 0.15) is 24.8 Å². The predicted octanol–water partition coefficient (Wildman–Crippen LogP) is 4.11. The van der Waals surface area contributed by atoms with E-state index in [1.807, 2.05) is 53.4 Å². The van der Waals surface area contributed by atoms with E-state index in [9.17, 15) is 4.79 Å². The summed E-state index contributed by atoms with van der Waals surface area (Å²) in [6.07, 6.45) is 2.32. The Morgan fingerprint density at radius 3 is 2.67 bits per heavy atom. The van der Waals surface area contributed by atoms with Crippen LogP contribution in [0.4, 0.5) is 0 Å². The van der Waals surface area contributed by atoms with Gasteiger partial charge < -0.3 is 19.2 Å². The molecule has 30 heavy (non-hydrogen) atoms. The number of carbonyl (C=O) groups excluding carboxylic acids is 1. The van der Waals surface area contributed by atoms with Crippen LogP contribution in [0.25, 0.3) is 0 Å². The molecule has 0 spiro atoms. The number of oxime groups is 1. The number of amides is 1. The smallest absolute Gasteiger partial charge is 0.266 e. The molecule has 4 rings (SSSR count). The van der Waals surface area contributed by atoms with Gasteiger partial charge in [-0.15, -0.1) is 0 Å². The van der Waals surface area contributed by atoms with Crippen molar-refractivity contribution in [3.8, 4) is 11.5 Å². The number of hydrogen-bond acceptors (Lipinski definition) is 5. The standard InChI is InChI=1S/C23H25ClN2O4/c1-28-21-4-2-3-16(14-21)13-18-15-22(30-25-18)23(27)26-11-9-20(10-12-26)29-19-7-5-17(24)6-8-19/h2-8,14,20,22H,9-13,15H2,1H3/t22-/m1/s1. The Balaban J connectivity index is 1.24. The molecule has 6 nitrogen and oxygen atoms in total. The predicted molar refractivity (Wildman–Crippen MR) is 115 cm³/mol. The van der Waals surface area contributed by atoms with Crippen molar-refractivity contribution in [2.45, 2.75) is 37.9 Å². The van der Waals surface area contributed by atoms with Gasteiger partial charge in [-0.3, -0.25) is 4.79 Å². The van der Waals surface area contributed by atoms with Crippen LogP contribution >= 0.6 is 11.6 Å². The van der Waals surface area contributed by atoms with Crippen molar-refractivity contribution < 1.29 is 19.1 Å². The maximum atomic E-state index is 12.9. The molecule has 2 aromatic rings. The van der Waals surface area contributed by atoms with E-state index in [1.54, 1.807) is 7.11 Å². The Morgan fingerprint density at radius 2 is 1.93 bits per heavy atom. The molecule has 1 amide bonds. The SMILES string of the molecule is COc1cccc(CC2=NO[C@@H](C(=O)N3CCC(Oc4ccc(Cl)cc4)CC3)C2)c1. The van der Waals surface area contributed by atoms with E-state index < -0.39 is 6.10 Å². The molecule has 1 atom stereocenters. The highest BCUT2D eigenvalue weighted by molar-refractivity contribution is 6.30. The van der Waals surface area contributed by atoms with Gasteiger partial charge in [-0.2, -0.15) is 0 Å². The molecule has 1 fully saturated rings. The van der Waals surface area contributed by atoms with Crippen LogP contribution < -0.4 is 9.47 Å². The molecule has 2 aliphatic heterocycles. The molecule has 0 N–H and O–H groups in total. The summed E-state index contributed by atoms with van der Waals surface area (Å²) in [5, 5.41) is 4.84. The van der Waals surface area contributed by atoms with Crippen LogP contribution in [-0.2, 0) is 16.1 Å². The molecular formula is C23H25ClN2O4. The average Bonchev–Trinajstić information content (AvgIpc) is 3.24. The van der Waals surface area contributed by atoms with Gasteiger partial charge in [-0.1, -0.05) is 28.9 Å². The first-order chi connectivity index (χ1) is 14.6. The summed E-state index contributed by atoms with van der Waals surface area (Å²) < 4.78 is 11.3. The molecule has 0 aromatic heterocycles. The lowest BCUT2D eigenvalue weighted by Crippen LogP contribution is -2.46. The summed E-state index contributed by atoms with van der Waals surface area (Å²) in [6.45, 7) is 1.31. The van der Waals surface area contributed by atoms with Crippen molar-refractivity contribution in [1.29, 1.82) is 0 Å². The third-order valence-corrected chi connectivity index (χ3v) is 5.67. The fraction of sp³-hybridized carbons (Fsp3) is 0.391. The average molecular weight is 429 g/mol. The van der Waals surface area contributed by atoms with Gasteiger partial charge in [0.1, 0.15) is 17.6 Å². The Hall–Kier alpha value is -2.73. The van der Waals surface area contributed by atoms with Crippen LogP contribution in [-0.4, -0.2) is 48.9 Å². The zero-order valence-electron chi connectivity index (χ0n) is 16.9. The van der Waals surface area contributed by atoms with E-state index in [2.05, 4.69) is 5.16 Å². The summed E-state index contributed by atoms with van der Waals surface area (Å²) in [4.78, 5) is 20.2. The Labute approximate surface area is 181 Å². The summed E-state index contributed by atoms with van der Waals surface area (Å²) >= 11 is 5.91. The van der Waals surface area contributed by atoms with Gasteiger partial charge in [0, 0.05) is 43.8 Å². The van der Waals surface area contributed by atoms with Gasteiger partial charge in [0.25, 0.3) is 5.91 Å². The minimum absolute atomic E-state index is 0.00401. The first kappa shape index (κ1) is 20.5.